The van der Waals surface area contributed by atoms with Gasteiger partial charge in [0.15, 0.2) is 0 Å². The highest BCUT2D eigenvalue weighted by Crippen LogP contribution is 2.29. The molecule has 0 aliphatic rings. The highest BCUT2D eigenvalue weighted by atomic mass is 16.5. The Bertz CT molecular complexity index is 606. The van der Waals surface area contributed by atoms with Gasteiger partial charge in [-0.15, -0.1) is 0 Å². The van der Waals surface area contributed by atoms with Gasteiger partial charge in [0, 0.05) is 17.8 Å². The van der Waals surface area contributed by atoms with Gasteiger partial charge in [0.2, 0.25) is 5.88 Å². The van der Waals surface area contributed by atoms with Crippen LogP contribution >= 0.6 is 0 Å². The largest absolute Gasteiger partial charge is 0.438 e. The molecule has 0 aliphatic carbocycles. The minimum absolute atomic E-state index is 0.430. The topological polar surface area (TPSA) is 48.1 Å². The smallest absolute Gasteiger partial charge is 0.224 e. The molecule has 2 N–H and O–H groups in total. The number of nitrogens with zero attached hydrogens (tertiary/aromatic N) is 1. The normalized spacial score (nSPS) is 10.6. The Morgan fingerprint density at radius 2 is 1.79 bits per heavy atom. The third-order valence-corrected chi connectivity index (χ3v) is 3.19. The second-order valence-electron chi connectivity index (χ2n) is 4.94. The van der Waals surface area contributed by atoms with Crippen LogP contribution in [0.15, 0.2) is 24.3 Å². The number of rotatable bonds is 3. The molecule has 3 nitrogen and oxygen atoms in total. The molecule has 2 rings (SSSR count). The van der Waals surface area contributed by atoms with Gasteiger partial charge in [-0.1, -0.05) is 12.1 Å². The van der Waals surface area contributed by atoms with Crippen molar-refractivity contribution >= 4 is 0 Å². The van der Waals surface area contributed by atoms with Crippen LogP contribution in [0, 0.1) is 27.7 Å². The first kappa shape index (κ1) is 13.6. The summed E-state index contributed by atoms with van der Waals surface area (Å²) in [5.74, 6) is 1.46. The van der Waals surface area contributed by atoms with Gasteiger partial charge in [-0.3, -0.25) is 0 Å². The summed E-state index contributed by atoms with van der Waals surface area (Å²) in [7, 11) is 0. The molecule has 1 aromatic carbocycles. The van der Waals surface area contributed by atoms with Crippen LogP contribution in [-0.4, -0.2) is 4.98 Å². The van der Waals surface area contributed by atoms with Crippen molar-refractivity contribution in [1.82, 2.24) is 4.98 Å². The Morgan fingerprint density at radius 1 is 1.05 bits per heavy atom. The van der Waals surface area contributed by atoms with Crippen molar-refractivity contribution in [3.05, 3.63) is 52.2 Å². The molecule has 0 amide bonds. The van der Waals surface area contributed by atoms with Gasteiger partial charge >= 0.3 is 0 Å². The third-order valence-electron chi connectivity index (χ3n) is 3.19. The molecule has 0 aliphatic heterocycles. The fourth-order valence-electron chi connectivity index (χ4n) is 2.08. The van der Waals surface area contributed by atoms with E-state index in [1.807, 2.05) is 39.8 Å². The number of hydrogen-bond donors (Lipinski definition) is 1. The molecule has 0 radical (unpaired) electrons. The Balaban J connectivity index is 2.45. The van der Waals surface area contributed by atoms with E-state index in [0.717, 1.165) is 28.1 Å². The van der Waals surface area contributed by atoms with E-state index >= 15 is 0 Å². The summed E-state index contributed by atoms with van der Waals surface area (Å²) in [5, 5.41) is 0. The minimum Gasteiger partial charge on any atom is -0.438 e. The van der Waals surface area contributed by atoms with Crippen LogP contribution in [0.4, 0.5) is 0 Å². The summed E-state index contributed by atoms with van der Waals surface area (Å²) < 4.78 is 5.98. The van der Waals surface area contributed by atoms with Crippen LogP contribution in [-0.2, 0) is 6.54 Å². The number of nitrogens with two attached hydrogens (primary N) is 1. The fraction of sp³-hybridized carbons (Fsp3) is 0.312. The number of benzene rings is 1. The van der Waals surface area contributed by atoms with Crippen molar-refractivity contribution in [3.8, 4) is 11.6 Å². The molecule has 2 aromatic rings. The van der Waals surface area contributed by atoms with Gasteiger partial charge < -0.3 is 10.5 Å². The van der Waals surface area contributed by atoms with E-state index in [9.17, 15) is 0 Å². The van der Waals surface area contributed by atoms with E-state index in [2.05, 4.69) is 17.1 Å². The maximum Gasteiger partial charge on any atom is 0.224 e. The molecular formula is C16H20N2O. The molecule has 0 saturated heterocycles. The van der Waals surface area contributed by atoms with Crippen molar-refractivity contribution < 1.29 is 4.74 Å². The van der Waals surface area contributed by atoms with Crippen LogP contribution in [0.1, 0.15) is 27.9 Å². The number of aromatic nitrogens is 1. The summed E-state index contributed by atoms with van der Waals surface area (Å²) in [5.41, 5.74) is 11.1. The van der Waals surface area contributed by atoms with Crippen molar-refractivity contribution in [2.24, 2.45) is 5.73 Å². The summed E-state index contributed by atoms with van der Waals surface area (Å²) in [6, 6.07) is 8.17. The number of pyridine rings is 1. The SMILES string of the molecule is Cc1ccc(C)c(Oc2nc(C)cc(C)c2CN)c1. The maximum absolute atomic E-state index is 5.98. The van der Waals surface area contributed by atoms with E-state index in [1.165, 1.54) is 5.56 Å². The Hall–Kier alpha value is -1.87. The van der Waals surface area contributed by atoms with Gasteiger partial charge in [-0.2, -0.15) is 0 Å². The monoisotopic (exact) mass is 256 g/mol. The molecule has 19 heavy (non-hydrogen) atoms. The minimum atomic E-state index is 0.430. The number of hydrogen-bond acceptors (Lipinski definition) is 3. The lowest BCUT2D eigenvalue weighted by Crippen LogP contribution is -2.05. The van der Waals surface area contributed by atoms with Crippen LogP contribution in [0.2, 0.25) is 0 Å². The Morgan fingerprint density at radius 3 is 2.47 bits per heavy atom. The highest BCUT2D eigenvalue weighted by Gasteiger charge is 2.11. The average Bonchev–Trinajstić information content (AvgIpc) is 2.33. The van der Waals surface area contributed by atoms with Gasteiger partial charge in [-0.25, -0.2) is 4.98 Å². The van der Waals surface area contributed by atoms with E-state index in [1.54, 1.807) is 0 Å². The van der Waals surface area contributed by atoms with Gasteiger partial charge in [0.25, 0.3) is 0 Å². The molecule has 100 valence electrons. The number of aryl methyl sites for hydroxylation is 4. The standard InChI is InChI=1S/C16H20N2O/c1-10-5-6-11(2)15(7-10)19-16-14(9-17)12(3)8-13(4)18-16/h5-8H,9,17H2,1-4H3. The molecule has 0 fully saturated rings. The van der Waals surface area contributed by atoms with Gasteiger partial charge in [0.1, 0.15) is 5.75 Å². The maximum atomic E-state index is 5.98. The zero-order valence-electron chi connectivity index (χ0n) is 11.9. The lowest BCUT2D eigenvalue weighted by atomic mass is 10.1. The number of ether oxygens (including phenoxy) is 1. The first-order chi connectivity index (χ1) is 9.01. The third kappa shape index (κ3) is 2.93. The van der Waals surface area contributed by atoms with Gasteiger partial charge in [0.05, 0.1) is 0 Å². The molecule has 1 aromatic heterocycles. The first-order valence-electron chi connectivity index (χ1n) is 6.43. The fourth-order valence-corrected chi connectivity index (χ4v) is 2.08. The second-order valence-corrected chi connectivity index (χ2v) is 4.94. The van der Waals surface area contributed by atoms with E-state index in [0.29, 0.717) is 12.4 Å². The molecule has 0 saturated carbocycles. The average molecular weight is 256 g/mol. The zero-order chi connectivity index (χ0) is 14.0. The van der Waals surface area contributed by atoms with Crippen LogP contribution < -0.4 is 10.5 Å². The lowest BCUT2D eigenvalue weighted by Gasteiger charge is -2.14. The van der Waals surface area contributed by atoms with Crippen molar-refractivity contribution in [3.63, 3.8) is 0 Å². The summed E-state index contributed by atoms with van der Waals surface area (Å²) in [6.07, 6.45) is 0. The zero-order valence-corrected chi connectivity index (χ0v) is 11.9. The predicted octanol–water partition coefficient (Wildman–Crippen LogP) is 3.57. The van der Waals surface area contributed by atoms with Crippen molar-refractivity contribution in [2.45, 2.75) is 34.2 Å². The second kappa shape index (κ2) is 5.41. The summed E-state index contributed by atoms with van der Waals surface area (Å²) in [6.45, 7) is 8.50. The summed E-state index contributed by atoms with van der Waals surface area (Å²) >= 11 is 0. The van der Waals surface area contributed by atoms with Gasteiger partial charge in [-0.05, 0) is 56.5 Å². The van der Waals surface area contributed by atoms with Crippen molar-refractivity contribution in [2.75, 3.05) is 0 Å². The van der Waals surface area contributed by atoms with Crippen LogP contribution in [0.5, 0.6) is 11.6 Å². The van der Waals surface area contributed by atoms with E-state index < -0.39 is 0 Å². The Labute approximate surface area is 114 Å². The van der Waals surface area contributed by atoms with Crippen LogP contribution in [0.25, 0.3) is 0 Å². The molecule has 0 atom stereocenters. The molecule has 0 unspecified atom stereocenters. The molecule has 0 bridgehead atoms. The van der Waals surface area contributed by atoms with E-state index in [4.69, 9.17) is 10.5 Å². The molecule has 1 heterocycles. The first-order valence-corrected chi connectivity index (χ1v) is 6.43. The Kier molecular flexibility index (Phi) is 3.86. The highest BCUT2D eigenvalue weighted by molar-refractivity contribution is 5.42. The van der Waals surface area contributed by atoms with Crippen molar-refractivity contribution in [1.29, 1.82) is 0 Å². The van der Waals surface area contributed by atoms with Crippen LogP contribution in [0.3, 0.4) is 0 Å². The molecule has 0 spiro atoms. The molecule has 3 heteroatoms. The van der Waals surface area contributed by atoms with E-state index in [-0.39, 0.29) is 0 Å². The quantitative estimate of drug-likeness (QED) is 0.913. The lowest BCUT2D eigenvalue weighted by molar-refractivity contribution is 0.450. The predicted molar refractivity (Wildman–Crippen MR) is 77.6 cm³/mol. The summed E-state index contributed by atoms with van der Waals surface area (Å²) in [4.78, 5) is 4.47. The molecular weight excluding hydrogens is 236 g/mol.